The molecular weight excluding hydrogens is 423 g/mol. The van der Waals surface area contributed by atoms with Gasteiger partial charge >= 0.3 is 12.3 Å². The fraction of sp³-hybridized carbons (Fsp3) is 0.739. The van der Waals surface area contributed by atoms with Gasteiger partial charge in [-0.1, -0.05) is 6.07 Å². The normalized spacial score (nSPS) is 28.3. The van der Waals surface area contributed by atoms with Gasteiger partial charge in [0.05, 0.1) is 18.8 Å². The second-order valence-electron chi connectivity index (χ2n) is 10.1. The van der Waals surface area contributed by atoms with Gasteiger partial charge in [0.2, 0.25) is 0 Å². The Morgan fingerprint density at radius 1 is 1.16 bits per heavy atom. The Labute approximate surface area is 187 Å². The van der Waals surface area contributed by atoms with Crippen LogP contribution in [0.1, 0.15) is 52.1 Å². The highest BCUT2D eigenvalue weighted by Gasteiger charge is 2.44. The minimum absolute atomic E-state index is 0.00606. The molecule has 0 unspecified atom stereocenters. The summed E-state index contributed by atoms with van der Waals surface area (Å²) in [7, 11) is 0. The van der Waals surface area contributed by atoms with Crippen molar-refractivity contribution in [3.63, 3.8) is 0 Å². The van der Waals surface area contributed by atoms with Crippen LogP contribution in [0.15, 0.2) is 18.2 Å². The second-order valence-corrected chi connectivity index (χ2v) is 10.1. The largest absolute Gasteiger partial charge is 0.444 e. The summed E-state index contributed by atoms with van der Waals surface area (Å²) in [6.07, 6.45) is -0.936. The molecule has 6 nitrogen and oxygen atoms in total. The number of carbonyl (C=O) groups is 1. The standard InChI is InChI=1S/C23H32F3N3O3/c1-22(2,3)32-21(30)29-11-5-6-16(29)14-31-18-10-9-15-12-28(13-17(15)18)20-8-4-7-19(27-20)23(24,25)26/h4,7-8,15-18H,5-6,9-14H2,1-3H3/t15-,16+,17+,18+/m1/s1. The smallest absolute Gasteiger partial charge is 0.433 e. The van der Waals surface area contributed by atoms with E-state index in [2.05, 4.69) is 4.98 Å². The van der Waals surface area contributed by atoms with E-state index in [0.29, 0.717) is 38.0 Å². The number of anilines is 1. The van der Waals surface area contributed by atoms with E-state index in [1.54, 1.807) is 11.0 Å². The molecule has 1 aromatic heterocycles. The predicted octanol–water partition coefficient (Wildman–Crippen LogP) is 4.73. The highest BCUT2D eigenvalue weighted by atomic mass is 19.4. The maximum atomic E-state index is 13.0. The van der Waals surface area contributed by atoms with E-state index in [0.717, 1.165) is 31.7 Å². The van der Waals surface area contributed by atoms with Crippen LogP contribution in [0.5, 0.6) is 0 Å². The third-order valence-corrected chi connectivity index (χ3v) is 6.65. The van der Waals surface area contributed by atoms with E-state index in [1.165, 1.54) is 6.07 Å². The highest BCUT2D eigenvalue weighted by Crippen LogP contribution is 2.41. The average Bonchev–Trinajstić information content (AvgIpc) is 3.40. The molecule has 178 valence electrons. The zero-order chi connectivity index (χ0) is 23.1. The number of rotatable bonds is 4. The number of pyridine rings is 1. The van der Waals surface area contributed by atoms with Crippen LogP contribution in [-0.2, 0) is 15.7 Å². The fourth-order valence-electron chi connectivity index (χ4n) is 5.17. The lowest BCUT2D eigenvalue weighted by molar-refractivity contribution is -0.141. The van der Waals surface area contributed by atoms with E-state index >= 15 is 0 Å². The topological polar surface area (TPSA) is 54.9 Å². The summed E-state index contributed by atoms with van der Waals surface area (Å²) in [6, 6.07) is 4.07. The van der Waals surface area contributed by atoms with Crippen LogP contribution in [0.4, 0.5) is 23.8 Å². The van der Waals surface area contributed by atoms with Crippen LogP contribution in [0.25, 0.3) is 0 Å². The quantitative estimate of drug-likeness (QED) is 0.657. The maximum absolute atomic E-state index is 13.0. The highest BCUT2D eigenvalue weighted by molar-refractivity contribution is 5.69. The summed E-state index contributed by atoms with van der Waals surface area (Å²) in [6.45, 7) is 8.06. The number of aromatic nitrogens is 1. The molecule has 3 aliphatic rings. The number of halogens is 3. The molecule has 0 aromatic carbocycles. The lowest BCUT2D eigenvalue weighted by atomic mass is 9.99. The molecule has 3 fully saturated rings. The van der Waals surface area contributed by atoms with Crippen LogP contribution in [0.2, 0.25) is 0 Å². The SMILES string of the molecule is CC(C)(C)OC(=O)N1CCC[C@H]1CO[C@H]1CC[C@@H]2CN(c3cccc(C(F)(F)F)n3)C[C@@H]21. The van der Waals surface area contributed by atoms with E-state index in [-0.39, 0.29) is 24.2 Å². The van der Waals surface area contributed by atoms with E-state index in [1.807, 2.05) is 25.7 Å². The van der Waals surface area contributed by atoms with Crippen LogP contribution in [0.3, 0.4) is 0 Å². The first-order valence-corrected chi connectivity index (χ1v) is 11.4. The molecule has 0 N–H and O–H groups in total. The van der Waals surface area contributed by atoms with Gasteiger partial charge in [0, 0.05) is 25.6 Å². The van der Waals surface area contributed by atoms with Gasteiger partial charge in [0.1, 0.15) is 17.1 Å². The summed E-state index contributed by atoms with van der Waals surface area (Å²) < 4.78 is 50.9. The van der Waals surface area contributed by atoms with Crippen LogP contribution in [-0.4, -0.2) is 60.0 Å². The summed E-state index contributed by atoms with van der Waals surface area (Å²) in [4.78, 5) is 20.1. The van der Waals surface area contributed by atoms with Gasteiger partial charge in [-0.3, -0.25) is 0 Å². The summed E-state index contributed by atoms with van der Waals surface area (Å²) in [5.74, 6) is 1.03. The summed E-state index contributed by atoms with van der Waals surface area (Å²) in [5, 5.41) is 0. The molecule has 0 bridgehead atoms. The minimum atomic E-state index is -4.45. The number of ether oxygens (including phenoxy) is 2. The monoisotopic (exact) mass is 455 g/mol. The van der Waals surface area contributed by atoms with Gasteiger partial charge in [-0.25, -0.2) is 9.78 Å². The number of nitrogens with zero attached hydrogens (tertiary/aromatic N) is 3. The second kappa shape index (κ2) is 8.72. The minimum Gasteiger partial charge on any atom is -0.444 e. The fourth-order valence-corrected chi connectivity index (χ4v) is 5.17. The third-order valence-electron chi connectivity index (χ3n) is 6.65. The molecule has 4 rings (SSSR count). The van der Waals surface area contributed by atoms with Crippen molar-refractivity contribution in [1.29, 1.82) is 0 Å². The Kier molecular flexibility index (Phi) is 6.31. The first kappa shape index (κ1) is 23.1. The Bertz CT molecular complexity index is 827. The Balaban J connectivity index is 1.34. The molecule has 0 radical (unpaired) electrons. The molecule has 1 saturated carbocycles. The first-order chi connectivity index (χ1) is 15.0. The van der Waals surface area contributed by atoms with Gasteiger partial charge in [0.15, 0.2) is 0 Å². The third kappa shape index (κ3) is 5.13. The zero-order valence-electron chi connectivity index (χ0n) is 18.9. The van der Waals surface area contributed by atoms with Crippen molar-refractivity contribution in [1.82, 2.24) is 9.88 Å². The van der Waals surface area contributed by atoms with Crippen molar-refractivity contribution in [3.05, 3.63) is 23.9 Å². The predicted molar refractivity (Wildman–Crippen MR) is 113 cm³/mol. The molecule has 2 aliphatic heterocycles. The molecule has 4 atom stereocenters. The Morgan fingerprint density at radius 3 is 2.66 bits per heavy atom. The van der Waals surface area contributed by atoms with E-state index in [4.69, 9.17) is 9.47 Å². The van der Waals surface area contributed by atoms with Gasteiger partial charge in [-0.15, -0.1) is 0 Å². The maximum Gasteiger partial charge on any atom is 0.433 e. The first-order valence-electron chi connectivity index (χ1n) is 11.4. The van der Waals surface area contributed by atoms with E-state index in [9.17, 15) is 18.0 Å². The summed E-state index contributed by atoms with van der Waals surface area (Å²) >= 11 is 0. The number of carbonyl (C=O) groups excluding carboxylic acids is 1. The molecule has 9 heteroatoms. The molecule has 1 aromatic rings. The molecule has 1 amide bonds. The van der Waals surface area contributed by atoms with Gasteiger partial charge in [0.25, 0.3) is 0 Å². The van der Waals surface area contributed by atoms with Crippen molar-refractivity contribution in [2.45, 2.75) is 70.4 Å². The van der Waals surface area contributed by atoms with Crippen molar-refractivity contribution in [2.75, 3.05) is 31.1 Å². The van der Waals surface area contributed by atoms with Gasteiger partial charge in [-0.2, -0.15) is 13.2 Å². The number of likely N-dealkylation sites (tertiary alicyclic amines) is 1. The lowest BCUT2D eigenvalue weighted by Crippen LogP contribution is -2.42. The van der Waals surface area contributed by atoms with Crippen molar-refractivity contribution < 1.29 is 27.4 Å². The van der Waals surface area contributed by atoms with Crippen molar-refractivity contribution >= 4 is 11.9 Å². The number of fused-ring (bicyclic) bond motifs is 1. The van der Waals surface area contributed by atoms with Crippen LogP contribution >= 0.6 is 0 Å². The van der Waals surface area contributed by atoms with Crippen LogP contribution < -0.4 is 4.90 Å². The lowest BCUT2D eigenvalue weighted by Gasteiger charge is -2.30. The molecule has 2 saturated heterocycles. The Morgan fingerprint density at radius 2 is 1.94 bits per heavy atom. The molecule has 1 aliphatic carbocycles. The molecule has 32 heavy (non-hydrogen) atoms. The van der Waals surface area contributed by atoms with Crippen LogP contribution in [0, 0.1) is 11.8 Å². The molecular formula is C23H32F3N3O3. The Hall–Kier alpha value is -2.03. The number of alkyl halides is 3. The average molecular weight is 456 g/mol. The van der Waals surface area contributed by atoms with Gasteiger partial charge in [-0.05, 0) is 64.5 Å². The van der Waals surface area contributed by atoms with Crippen molar-refractivity contribution in [2.24, 2.45) is 11.8 Å². The van der Waals surface area contributed by atoms with E-state index < -0.39 is 17.5 Å². The number of amides is 1. The van der Waals surface area contributed by atoms with Crippen molar-refractivity contribution in [3.8, 4) is 0 Å². The molecule has 3 heterocycles. The van der Waals surface area contributed by atoms with Gasteiger partial charge < -0.3 is 19.3 Å². The number of hydrogen-bond acceptors (Lipinski definition) is 5. The summed E-state index contributed by atoms with van der Waals surface area (Å²) in [5.41, 5.74) is -1.39. The molecule has 0 spiro atoms. The number of hydrogen-bond donors (Lipinski definition) is 0. The zero-order valence-corrected chi connectivity index (χ0v) is 18.9.